The third-order valence-corrected chi connectivity index (χ3v) is 3.66. The molecule has 0 saturated carbocycles. The average molecular weight is 311 g/mol. The Hall–Kier alpha value is -2.60. The Morgan fingerprint density at radius 1 is 1.30 bits per heavy atom. The van der Waals surface area contributed by atoms with Crippen molar-refractivity contribution in [3.63, 3.8) is 0 Å². The lowest BCUT2D eigenvalue weighted by Gasteiger charge is -2.25. The minimum absolute atomic E-state index is 0.0893. The van der Waals surface area contributed by atoms with Crippen LogP contribution < -0.4 is 16.4 Å². The van der Waals surface area contributed by atoms with Gasteiger partial charge in [0.2, 0.25) is 0 Å². The van der Waals surface area contributed by atoms with Gasteiger partial charge in [-0.3, -0.25) is 0 Å². The molecular formula is C17H21N5O. The van der Waals surface area contributed by atoms with Gasteiger partial charge in [0.25, 0.3) is 0 Å². The van der Waals surface area contributed by atoms with Gasteiger partial charge < -0.3 is 21.1 Å². The van der Waals surface area contributed by atoms with Crippen molar-refractivity contribution >= 4 is 28.7 Å². The van der Waals surface area contributed by atoms with Gasteiger partial charge in [-0.05, 0) is 19.4 Å². The van der Waals surface area contributed by atoms with Crippen LogP contribution in [0.25, 0.3) is 0 Å². The van der Waals surface area contributed by atoms with E-state index in [-0.39, 0.29) is 6.04 Å². The molecule has 1 aromatic carbocycles. The van der Waals surface area contributed by atoms with Gasteiger partial charge in [-0.25, -0.2) is 9.98 Å². The highest BCUT2D eigenvalue weighted by molar-refractivity contribution is 6.10. The van der Waals surface area contributed by atoms with Gasteiger partial charge in [-0.2, -0.15) is 0 Å². The number of pyridine rings is 1. The largest absolute Gasteiger partial charge is 0.382 e. The summed E-state index contributed by atoms with van der Waals surface area (Å²) in [5, 5.41) is 6.54. The molecule has 1 aromatic heterocycles. The minimum Gasteiger partial charge on any atom is -0.382 e. The van der Waals surface area contributed by atoms with Crippen molar-refractivity contribution in [2.75, 3.05) is 29.7 Å². The zero-order valence-corrected chi connectivity index (χ0v) is 13.3. The predicted octanol–water partition coefficient (Wildman–Crippen LogP) is 3.00. The second-order valence-corrected chi connectivity index (χ2v) is 5.33. The first-order valence-electron chi connectivity index (χ1n) is 7.71. The van der Waals surface area contributed by atoms with Gasteiger partial charge in [0, 0.05) is 12.7 Å². The number of fused-ring (bicyclic) bond motifs is 1. The van der Waals surface area contributed by atoms with Crippen molar-refractivity contribution in [3.05, 3.63) is 42.0 Å². The molecule has 2 aromatic rings. The van der Waals surface area contributed by atoms with E-state index in [0.29, 0.717) is 30.7 Å². The Kier molecular flexibility index (Phi) is 4.43. The van der Waals surface area contributed by atoms with Crippen molar-refractivity contribution in [1.82, 2.24) is 4.98 Å². The van der Waals surface area contributed by atoms with Crippen molar-refractivity contribution in [2.45, 2.75) is 19.9 Å². The average Bonchev–Trinajstić information content (AvgIpc) is 2.55. The smallest absolute Gasteiger partial charge is 0.153 e. The molecule has 0 bridgehead atoms. The minimum atomic E-state index is 0.0893. The number of hydrogen-bond acceptors (Lipinski definition) is 6. The number of benzene rings is 1. The maximum atomic E-state index is 6.09. The Bertz CT molecular complexity index is 714. The number of anilines is 3. The molecule has 0 aliphatic carbocycles. The number of nitrogen functional groups attached to an aromatic ring is 1. The van der Waals surface area contributed by atoms with E-state index in [4.69, 9.17) is 15.5 Å². The topological polar surface area (TPSA) is 84.6 Å². The molecule has 0 radical (unpaired) electrons. The number of nitrogens with zero attached hydrogens (tertiary/aromatic N) is 2. The van der Waals surface area contributed by atoms with Crippen LogP contribution >= 0.6 is 0 Å². The summed E-state index contributed by atoms with van der Waals surface area (Å²) in [6.45, 7) is 5.07. The third-order valence-electron chi connectivity index (χ3n) is 3.66. The summed E-state index contributed by atoms with van der Waals surface area (Å²) in [4.78, 5) is 9.09. The van der Waals surface area contributed by atoms with E-state index in [1.807, 2.05) is 43.3 Å². The van der Waals surface area contributed by atoms with Crippen LogP contribution in [0.4, 0.5) is 23.0 Å². The molecule has 6 heteroatoms. The first kappa shape index (κ1) is 15.3. The van der Waals surface area contributed by atoms with Gasteiger partial charge in [-0.1, -0.05) is 30.3 Å². The highest BCUT2D eigenvalue weighted by atomic mass is 16.5. The molecule has 0 spiro atoms. The highest BCUT2D eigenvalue weighted by Crippen LogP contribution is 2.37. The summed E-state index contributed by atoms with van der Waals surface area (Å²) in [5.74, 6) is 1.07. The van der Waals surface area contributed by atoms with Crippen molar-refractivity contribution in [1.29, 1.82) is 0 Å². The number of rotatable bonds is 5. The number of nitrogens with one attached hydrogen (secondary N) is 2. The van der Waals surface area contributed by atoms with E-state index in [9.17, 15) is 0 Å². The summed E-state index contributed by atoms with van der Waals surface area (Å²) in [5.41, 5.74) is 9.70. The quantitative estimate of drug-likeness (QED) is 0.584. The molecule has 0 fully saturated rings. The van der Waals surface area contributed by atoms with Gasteiger partial charge in [-0.15, -0.1) is 0 Å². The fraction of sp³-hybridized carbons (Fsp3) is 0.294. The summed E-state index contributed by atoms with van der Waals surface area (Å²) in [6, 6.07) is 12.1. The summed E-state index contributed by atoms with van der Waals surface area (Å²) >= 11 is 0. The fourth-order valence-electron chi connectivity index (χ4n) is 2.55. The number of ether oxygens (including phenoxy) is 1. The van der Waals surface area contributed by atoms with E-state index >= 15 is 0 Å². The summed E-state index contributed by atoms with van der Waals surface area (Å²) in [7, 11) is 0. The van der Waals surface area contributed by atoms with E-state index in [1.54, 1.807) is 0 Å². The van der Waals surface area contributed by atoms with E-state index < -0.39 is 0 Å². The Morgan fingerprint density at radius 2 is 2.09 bits per heavy atom. The lowest BCUT2D eigenvalue weighted by molar-refractivity contribution is 0.166. The third kappa shape index (κ3) is 3.27. The molecule has 0 unspecified atom stereocenters. The molecule has 120 valence electrons. The molecule has 1 aliphatic heterocycles. The molecule has 3 rings (SSSR count). The molecule has 2 heterocycles. The maximum Gasteiger partial charge on any atom is 0.153 e. The first-order valence-corrected chi connectivity index (χ1v) is 7.71. The van der Waals surface area contributed by atoms with Gasteiger partial charge in [0.05, 0.1) is 17.4 Å². The lowest BCUT2D eigenvalue weighted by atomic mass is 10.0. The van der Waals surface area contributed by atoms with Crippen molar-refractivity contribution in [2.24, 2.45) is 4.99 Å². The molecule has 23 heavy (non-hydrogen) atoms. The zero-order valence-electron chi connectivity index (χ0n) is 13.3. The molecular weight excluding hydrogens is 290 g/mol. The van der Waals surface area contributed by atoms with Crippen LogP contribution in [-0.2, 0) is 4.74 Å². The Labute approximate surface area is 135 Å². The SMILES string of the molecule is CCOCNc1cc2c(c(N)n1)N=C(c1ccccc1)[C@H](C)N2. The van der Waals surface area contributed by atoms with Crippen molar-refractivity contribution < 1.29 is 4.74 Å². The summed E-state index contributed by atoms with van der Waals surface area (Å²) in [6.07, 6.45) is 0. The van der Waals surface area contributed by atoms with E-state index in [2.05, 4.69) is 22.5 Å². The predicted molar refractivity (Wildman–Crippen MR) is 94.5 cm³/mol. The zero-order chi connectivity index (χ0) is 16.2. The van der Waals surface area contributed by atoms with Crippen LogP contribution in [0, 0.1) is 0 Å². The van der Waals surface area contributed by atoms with Crippen LogP contribution in [0.2, 0.25) is 0 Å². The molecule has 6 nitrogen and oxygen atoms in total. The van der Waals surface area contributed by atoms with Crippen LogP contribution in [0.3, 0.4) is 0 Å². The number of nitrogens with two attached hydrogens (primary N) is 1. The number of hydrogen-bond donors (Lipinski definition) is 3. The second-order valence-electron chi connectivity index (χ2n) is 5.33. The van der Waals surface area contributed by atoms with Gasteiger partial charge >= 0.3 is 0 Å². The van der Waals surface area contributed by atoms with Crippen LogP contribution in [-0.4, -0.2) is 30.1 Å². The molecule has 1 atom stereocenters. The number of aromatic nitrogens is 1. The van der Waals surface area contributed by atoms with Crippen LogP contribution in [0.5, 0.6) is 0 Å². The highest BCUT2D eigenvalue weighted by Gasteiger charge is 2.22. The Balaban J connectivity index is 1.93. The number of aliphatic imine (C=N–C) groups is 1. The molecule has 0 saturated heterocycles. The van der Waals surface area contributed by atoms with Crippen LogP contribution in [0.1, 0.15) is 19.4 Å². The van der Waals surface area contributed by atoms with Gasteiger partial charge in [0.15, 0.2) is 5.82 Å². The van der Waals surface area contributed by atoms with E-state index in [1.165, 1.54) is 0 Å². The van der Waals surface area contributed by atoms with Crippen molar-refractivity contribution in [3.8, 4) is 0 Å². The fourth-order valence-corrected chi connectivity index (χ4v) is 2.55. The molecule has 1 aliphatic rings. The van der Waals surface area contributed by atoms with E-state index in [0.717, 1.165) is 17.0 Å². The first-order chi connectivity index (χ1) is 11.2. The molecule has 0 amide bonds. The maximum absolute atomic E-state index is 6.09. The Morgan fingerprint density at radius 3 is 2.83 bits per heavy atom. The summed E-state index contributed by atoms with van der Waals surface area (Å²) < 4.78 is 5.28. The van der Waals surface area contributed by atoms with Crippen LogP contribution in [0.15, 0.2) is 41.4 Å². The van der Waals surface area contributed by atoms with Gasteiger partial charge in [0.1, 0.15) is 18.2 Å². The normalized spacial score (nSPS) is 16.3. The molecule has 4 N–H and O–H groups in total. The monoisotopic (exact) mass is 311 g/mol. The second kappa shape index (κ2) is 6.66. The lowest BCUT2D eigenvalue weighted by Crippen LogP contribution is -2.30. The standard InChI is InChI=1S/C17H21N5O/c1-3-23-10-19-14-9-13-16(17(18)21-14)22-15(11(2)20-13)12-7-5-4-6-8-12/h4-9,11,20H,3,10H2,1-2H3,(H3,18,19,21)/t11-/m0/s1.